The summed E-state index contributed by atoms with van der Waals surface area (Å²) in [6.45, 7) is 6.67. The van der Waals surface area contributed by atoms with E-state index in [4.69, 9.17) is 0 Å². The molecule has 0 aliphatic carbocycles. The quantitative estimate of drug-likeness (QED) is 0.734. The van der Waals surface area contributed by atoms with Crippen molar-refractivity contribution < 1.29 is 0 Å². The van der Waals surface area contributed by atoms with Crippen molar-refractivity contribution in [3.8, 4) is 0 Å². The van der Waals surface area contributed by atoms with E-state index < -0.39 is 0 Å². The van der Waals surface area contributed by atoms with Gasteiger partial charge in [-0.25, -0.2) is 0 Å². The first-order chi connectivity index (χ1) is 7.36. The minimum atomic E-state index is 0.845. The van der Waals surface area contributed by atoms with Crippen LogP contribution in [0.1, 0.15) is 44.4 Å². The van der Waals surface area contributed by atoms with Gasteiger partial charge in [-0.3, -0.25) is 4.98 Å². The highest BCUT2D eigenvalue weighted by Crippen LogP contribution is 2.12. The molecular formula is C12H22N2S. The third-order valence-corrected chi connectivity index (χ3v) is 3.54. The highest BCUT2D eigenvalue weighted by atomic mass is 32.1. The molecule has 1 unspecified atom stereocenters. The molecule has 1 rings (SSSR count). The Kier molecular flexibility index (Phi) is 6.60. The lowest BCUT2D eigenvalue weighted by atomic mass is 9.99. The number of unbranched alkanes of at least 4 members (excludes halogenated alkanes) is 1. The maximum Gasteiger partial charge on any atom is 0.0794 e. The van der Waals surface area contributed by atoms with Gasteiger partial charge in [0.1, 0.15) is 0 Å². The zero-order valence-electron chi connectivity index (χ0n) is 9.83. The smallest absolute Gasteiger partial charge is 0.0794 e. The maximum atomic E-state index is 4.07. The van der Waals surface area contributed by atoms with Crippen molar-refractivity contribution >= 4 is 11.3 Å². The monoisotopic (exact) mass is 226 g/mol. The normalized spacial score (nSPS) is 12.9. The third kappa shape index (κ3) is 5.28. The Morgan fingerprint density at radius 2 is 2.33 bits per heavy atom. The van der Waals surface area contributed by atoms with Crippen LogP contribution in [0, 0.1) is 5.92 Å². The van der Waals surface area contributed by atoms with E-state index in [-0.39, 0.29) is 0 Å². The number of hydrogen-bond donors (Lipinski definition) is 1. The molecule has 3 heteroatoms. The van der Waals surface area contributed by atoms with Crippen LogP contribution in [0.25, 0.3) is 0 Å². The molecule has 0 aliphatic rings. The molecule has 0 spiro atoms. The molecular weight excluding hydrogens is 204 g/mol. The Bertz CT molecular complexity index is 234. The van der Waals surface area contributed by atoms with E-state index in [2.05, 4.69) is 24.1 Å². The predicted molar refractivity (Wildman–Crippen MR) is 67.1 cm³/mol. The fraction of sp³-hybridized carbons (Fsp3) is 0.750. The lowest BCUT2D eigenvalue weighted by Gasteiger charge is -2.14. The lowest BCUT2D eigenvalue weighted by molar-refractivity contribution is 0.420. The largest absolute Gasteiger partial charge is 0.312 e. The van der Waals surface area contributed by atoms with Crippen LogP contribution in [-0.4, -0.2) is 11.5 Å². The van der Waals surface area contributed by atoms with Gasteiger partial charge >= 0.3 is 0 Å². The first-order valence-electron chi connectivity index (χ1n) is 5.94. The number of rotatable bonds is 8. The minimum Gasteiger partial charge on any atom is -0.312 e. The molecule has 0 aliphatic heterocycles. The van der Waals surface area contributed by atoms with Crippen molar-refractivity contribution in [3.05, 3.63) is 16.6 Å². The number of hydrogen-bond acceptors (Lipinski definition) is 3. The van der Waals surface area contributed by atoms with Crippen LogP contribution in [0.2, 0.25) is 0 Å². The molecule has 1 aromatic heterocycles. The molecule has 0 amide bonds. The number of nitrogens with one attached hydrogen (secondary N) is 1. The summed E-state index contributed by atoms with van der Waals surface area (Å²) in [7, 11) is 0. The van der Waals surface area contributed by atoms with E-state index in [0.29, 0.717) is 0 Å². The second-order valence-corrected chi connectivity index (χ2v) is 4.99. The maximum absolute atomic E-state index is 4.07. The fourth-order valence-electron chi connectivity index (χ4n) is 1.67. The Morgan fingerprint density at radius 1 is 1.47 bits per heavy atom. The van der Waals surface area contributed by atoms with Crippen LogP contribution >= 0.6 is 11.3 Å². The second kappa shape index (κ2) is 7.83. The molecule has 0 bridgehead atoms. The van der Waals surface area contributed by atoms with Gasteiger partial charge in [-0.2, -0.15) is 0 Å². The van der Waals surface area contributed by atoms with Crippen molar-refractivity contribution in [1.29, 1.82) is 0 Å². The predicted octanol–water partition coefficient (Wildman–Crippen LogP) is 3.45. The fourth-order valence-corrected chi connectivity index (χ4v) is 2.24. The molecule has 0 aromatic carbocycles. The van der Waals surface area contributed by atoms with Crippen molar-refractivity contribution in [3.63, 3.8) is 0 Å². The Labute approximate surface area is 97.1 Å². The van der Waals surface area contributed by atoms with Gasteiger partial charge in [0.15, 0.2) is 0 Å². The summed E-state index contributed by atoms with van der Waals surface area (Å²) in [6, 6.07) is 0. The molecule has 0 fully saturated rings. The van der Waals surface area contributed by atoms with E-state index >= 15 is 0 Å². The van der Waals surface area contributed by atoms with Crippen molar-refractivity contribution in [2.45, 2.75) is 46.1 Å². The Hall–Kier alpha value is -0.410. The van der Waals surface area contributed by atoms with E-state index in [1.54, 1.807) is 11.3 Å². The summed E-state index contributed by atoms with van der Waals surface area (Å²) in [5.74, 6) is 0.845. The third-order valence-electron chi connectivity index (χ3n) is 2.76. The SMILES string of the molecule is CCCCC(CC)CNCc1cncs1. The second-order valence-electron chi connectivity index (χ2n) is 4.02. The van der Waals surface area contributed by atoms with Gasteiger partial charge in [-0.1, -0.05) is 33.1 Å². The van der Waals surface area contributed by atoms with Crippen molar-refractivity contribution in [2.24, 2.45) is 5.92 Å². The topological polar surface area (TPSA) is 24.9 Å². The molecule has 0 saturated carbocycles. The van der Waals surface area contributed by atoms with Crippen molar-refractivity contribution in [2.75, 3.05) is 6.54 Å². The summed E-state index contributed by atoms with van der Waals surface area (Å²) in [4.78, 5) is 5.40. The lowest BCUT2D eigenvalue weighted by Crippen LogP contribution is -2.21. The average Bonchev–Trinajstić information content (AvgIpc) is 2.76. The summed E-state index contributed by atoms with van der Waals surface area (Å²) in [5, 5.41) is 3.52. The molecule has 1 atom stereocenters. The van der Waals surface area contributed by atoms with Gasteiger partial charge in [0.25, 0.3) is 0 Å². The van der Waals surface area contributed by atoms with E-state index in [1.807, 2.05) is 11.7 Å². The molecule has 1 aromatic rings. The zero-order chi connectivity index (χ0) is 10.9. The van der Waals surface area contributed by atoms with Gasteiger partial charge < -0.3 is 5.32 Å². The number of thiazole rings is 1. The molecule has 1 heterocycles. The first kappa shape index (κ1) is 12.7. The van der Waals surface area contributed by atoms with Crippen LogP contribution in [0.5, 0.6) is 0 Å². The molecule has 86 valence electrons. The first-order valence-corrected chi connectivity index (χ1v) is 6.82. The van der Waals surface area contributed by atoms with Gasteiger partial charge in [-0.05, 0) is 18.9 Å². The van der Waals surface area contributed by atoms with Crippen LogP contribution in [0.4, 0.5) is 0 Å². The van der Waals surface area contributed by atoms with E-state index in [0.717, 1.165) is 19.0 Å². The molecule has 15 heavy (non-hydrogen) atoms. The number of aromatic nitrogens is 1. The van der Waals surface area contributed by atoms with Gasteiger partial charge in [0, 0.05) is 17.6 Å². The van der Waals surface area contributed by atoms with Crippen LogP contribution in [-0.2, 0) is 6.54 Å². The van der Waals surface area contributed by atoms with E-state index in [1.165, 1.54) is 30.6 Å². The van der Waals surface area contributed by atoms with Gasteiger partial charge in [-0.15, -0.1) is 11.3 Å². The summed E-state index contributed by atoms with van der Waals surface area (Å²) in [5.41, 5.74) is 1.89. The standard InChI is InChI=1S/C12H22N2S/c1-3-5-6-11(4-2)7-13-8-12-9-14-10-15-12/h9-11,13H,3-8H2,1-2H3. The molecule has 0 saturated heterocycles. The highest BCUT2D eigenvalue weighted by molar-refractivity contribution is 7.09. The molecule has 1 N–H and O–H groups in total. The minimum absolute atomic E-state index is 0.845. The average molecular weight is 226 g/mol. The molecule has 0 radical (unpaired) electrons. The van der Waals surface area contributed by atoms with Gasteiger partial charge in [0.2, 0.25) is 0 Å². The van der Waals surface area contributed by atoms with Crippen LogP contribution in [0.3, 0.4) is 0 Å². The Balaban J connectivity index is 2.11. The van der Waals surface area contributed by atoms with Crippen LogP contribution in [0.15, 0.2) is 11.7 Å². The molecule has 2 nitrogen and oxygen atoms in total. The highest BCUT2D eigenvalue weighted by Gasteiger charge is 2.05. The van der Waals surface area contributed by atoms with Crippen LogP contribution < -0.4 is 5.32 Å². The summed E-state index contributed by atoms with van der Waals surface area (Å²) in [6.07, 6.45) is 7.27. The van der Waals surface area contributed by atoms with E-state index in [9.17, 15) is 0 Å². The number of nitrogens with zero attached hydrogens (tertiary/aromatic N) is 1. The van der Waals surface area contributed by atoms with Crippen molar-refractivity contribution in [1.82, 2.24) is 10.3 Å². The summed E-state index contributed by atoms with van der Waals surface area (Å²) >= 11 is 1.73. The zero-order valence-corrected chi connectivity index (χ0v) is 10.6. The Morgan fingerprint density at radius 3 is 2.93 bits per heavy atom. The summed E-state index contributed by atoms with van der Waals surface area (Å²) < 4.78 is 0. The van der Waals surface area contributed by atoms with Gasteiger partial charge in [0.05, 0.1) is 5.51 Å².